The number of nitro benzene ring substituents is 1. The number of ether oxygens (including phenoxy) is 1. The van der Waals surface area contributed by atoms with E-state index in [9.17, 15) is 23.6 Å². The molecule has 1 aromatic carbocycles. The second kappa shape index (κ2) is 6.86. The monoisotopic (exact) mass is 317 g/mol. The smallest absolute Gasteiger partial charge is 0.270 e. The summed E-state index contributed by atoms with van der Waals surface area (Å²) in [4.78, 5) is 10.1. The highest BCUT2D eigenvalue weighted by atomic mass is 32.2. The molecule has 1 aromatic rings. The maximum atomic E-state index is 11.7. The first-order valence-electron chi connectivity index (χ1n) is 6.46. The van der Waals surface area contributed by atoms with Gasteiger partial charge in [0.25, 0.3) is 5.69 Å². The lowest BCUT2D eigenvalue weighted by atomic mass is 10.1. The fourth-order valence-electron chi connectivity index (χ4n) is 1.61. The molecule has 0 aliphatic heterocycles. The summed E-state index contributed by atoms with van der Waals surface area (Å²) in [6, 6.07) is 3.83. The first-order valence-corrected chi connectivity index (χ1v) is 8.17. The van der Waals surface area contributed by atoms with Crippen molar-refractivity contribution in [3.63, 3.8) is 0 Å². The highest BCUT2D eigenvalue weighted by Gasteiger charge is 2.18. The van der Waals surface area contributed by atoms with E-state index in [1.54, 1.807) is 13.8 Å². The van der Waals surface area contributed by atoms with Crippen LogP contribution in [-0.4, -0.2) is 36.1 Å². The van der Waals surface area contributed by atoms with Crippen molar-refractivity contribution in [2.24, 2.45) is 0 Å². The quantitative estimate of drug-likeness (QED) is 0.607. The van der Waals surface area contributed by atoms with Crippen LogP contribution in [0.15, 0.2) is 18.2 Å². The predicted molar refractivity (Wildman–Crippen MR) is 78.1 cm³/mol. The largest absolute Gasteiger partial charge is 0.492 e. The Morgan fingerprint density at radius 2 is 1.95 bits per heavy atom. The molecule has 0 bridgehead atoms. The van der Waals surface area contributed by atoms with E-state index in [4.69, 9.17) is 4.74 Å². The number of nitro groups is 1. The lowest BCUT2D eigenvalue weighted by molar-refractivity contribution is -0.385. The fraction of sp³-hybridized carbons (Fsp3) is 0.538. The van der Waals surface area contributed by atoms with E-state index in [-0.39, 0.29) is 29.4 Å². The van der Waals surface area contributed by atoms with Crippen LogP contribution in [0.3, 0.4) is 0 Å². The number of aliphatic hydroxyl groups is 1. The second-order valence-corrected chi connectivity index (χ2v) is 7.60. The summed E-state index contributed by atoms with van der Waals surface area (Å²) in [6.45, 7) is 4.56. The van der Waals surface area contributed by atoms with Gasteiger partial charge in [0.1, 0.15) is 12.4 Å². The molecule has 0 aromatic heterocycles. The molecular formula is C13H19NO6S. The van der Waals surface area contributed by atoms with Crippen LogP contribution < -0.4 is 4.74 Å². The van der Waals surface area contributed by atoms with Crippen LogP contribution in [0.25, 0.3) is 0 Å². The Bertz CT molecular complexity index is 609. The van der Waals surface area contributed by atoms with Gasteiger partial charge in [0, 0.05) is 17.7 Å². The fourth-order valence-corrected chi connectivity index (χ4v) is 2.40. The van der Waals surface area contributed by atoms with E-state index in [1.807, 2.05) is 0 Å². The standard InChI is InChI=1S/C13H19NO6S/c1-9(2)21(18,19)7-6-20-13-5-4-11(14(16)17)8-12(13)10(3)15/h4-5,8-10,15H,6-7H2,1-3H3/t10-/m0/s1. The van der Waals surface area contributed by atoms with E-state index < -0.39 is 26.1 Å². The molecule has 0 saturated carbocycles. The lowest BCUT2D eigenvalue weighted by Crippen LogP contribution is -2.22. The van der Waals surface area contributed by atoms with Gasteiger partial charge in [-0.15, -0.1) is 0 Å². The number of nitrogens with zero attached hydrogens (tertiary/aromatic N) is 1. The second-order valence-electron chi connectivity index (χ2n) is 4.92. The van der Waals surface area contributed by atoms with E-state index >= 15 is 0 Å². The SMILES string of the molecule is CC(C)S(=O)(=O)CCOc1ccc([N+](=O)[O-])cc1[C@H](C)O. The summed E-state index contributed by atoms with van der Waals surface area (Å²) in [6.07, 6.45) is -0.957. The van der Waals surface area contributed by atoms with Gasteiger partial charge in [-0.3, -0.25) is 10.1 Å². The molecule has 7 nitrogen and oxygen atoms in total. The third kappa shape index (κ3) is 4.68. The molecule has 0 fully saturated rings. The van der Waals surface area contributed by atoms with E-state index in [0.717, 1.165) is 0 Å². The van der Waals surface area contributed by atoms with Gasteiger partial charge in [-0.25, -0.2) is 8.42 Å². The molecule has 1 N–H and O–H groups in total. The molecule has 0 spiro atoms. The van der Waals surface area contributed by atoms with Crippen LogP contribution in [0.1, 0.15) is 32.4 Å². The topological polar surface area (TPSA) is 107 Å². The minimum Gasteiger partial charge on any atom is -0.492 e. The van der Waals surface area contributed by atoms with Crippen molar-refractivity contribution in [3.8, 4) is 5.75 Å². The molecule has 0 heterocycles. The van der Waals surface area contributed by atoms with Crippen LogP contribution in [0.4, 0.5) is 5.69 Å². The Balaban J connectivity index is 2.87. The number of aliphatic hydroxyl groups excluding tert-OH is 1. The third-order valence-corrected chi connectivity index (χ3v) is 5.17. The highest BCUT2D eigenvalue weighted by molar-refractivity contribution is 7.91. The van der Waals surface area contributed by atoms with E-state index in [1.165, 1.54) is 25.1 Å². The summed E-state index contributed by atoms with van der Waals surface area (Å²) < 4.78 is 28.7. The van der Waals surface area contributed by atoms with Crippen molar-refractivity contribution in [3.05, 3.63) is 33.9 Å². The van der Waals surface area contributed by atoms with Gasteiger partial charge in [0.2, 0.25) is 0 Å². The van der Waals surface area contributed by atoms with Gasteiger partial charge in [0.15, 0.2) is 9.84 Å². The number of benzene rings is 1. The van der Waals surface area contributed by atoms with Crippen molar-refractivity contribution in [2.75, 3.05) is 12.4 Å². The molecular weight excluding hydrogens is 298 g/mol. The van der Waals surface area contributed by atoms with Crippen molar-refractivity contribution in [2.45, 2.75) is 32.1 Å². The third-order valence-electron chi connectivity index (χ3n) is 3.00. The molecule has 0 radical (unpaired) electrons. The Labute approximate surface area is 123 Å². The van der Waals surface area contributed by atoms with Crippen molar-refractivity contribution >= 4 is 15.5 Å². The minimum atomic E-state index is -3.22. The van der Waals surface area contributed by atoms with Crippen LogP contribution >= 0.6 is 0 Å². The summed E-state index contributed by atoms with van der Waals surface area (Å²) in [5.41, 5.74) is 0.0965. The minimum absolute atomic E-state index is 0.0714. The lowest BCUT2D eigenvalue weighted by Gasteiger charge is -2.14. The predicted octanol–water partition coefficient (Wildman–Crippen LogP) is 1.85. The Morgan fingerprint density at radius 3 is 2.43 bits per heavy atom. The Kier molecular flexibility index (Phi) is 5.68. The van der Waals surface area contributed by atoms with Crippen LogP contribution in [0, 0.1) is 10.1 Å². The number of non-ortho nitro benzene ring substituents is 1. The van der Waals surface area contributed by atoms with Crippen LogP contribution in [0.2, 0.25) is 0 Å². The number of rotatable bonds is 7. The molecule has 0 aliphatic rings. The first-order chi connectivity index (χ1) is 9.65. The van der Waals surface area contributed by atoms with Crippen LogP contribution in [-0.2, 0) is 9.84 Å². The summed E-state index contributed by atoms with van der Waals surface area (Å²) in [5, 5.41) is 19.9. The average Bonchev–Trinajstić information content (AvgIpc) is 2.38. The van der Waals surface area contributed by atoms with Gasteiger partial charge < -0.3 is 9.84 Å². The molecule has 0 unspecified atom stereocenters. The Hall–Kier alpha value is -1.67. The molecule has 0 saturated heterocycles. The summed E-state index contributed by atoms with van der Waals surface area (Å²) >= 11 is 0. The zero-order valence-electron chi connectivity index (χ0n) is 12.1. The van der Waals surface area contributed by atoms with Gasteiger partial charge in [0.05, 0.1) is 22.0 Å². The maximum absolute atomic E-state index is 11.7. The summed E-state index contributed by atoms with van der Waals surface area (Å²) in [7, 11) is -3.22. The van der Waals surface area contributed by atoms with Crippen molar-refractivity contribution in [1.82, 2.24) is 0 Å². The maximum Gasteiger partial charge on any atom is 0.270 e. The molecule has 0 aliphatic carbocycles. The Morgan fingerprint density at radius 1 is 1.33 bits per heavy atom. The van der Waals surface area contributed by atoms with Gasteiger partial charge >= 0.3 is 0 Å². The zero-order chi connectivity index (χ0) is 16.2. The van der Waals surface area contributed by atoms with Gasteiger partial charge in [-0.05, 0) is 26.8 Å². The van der Waals surface area contributed by atoms with E-state index in [0.29, 0.717) is 0 Å². The number of hydrogen-bond acceptors (Lipinski definition) is 6. The molecule has 1 rings (SSSR count). The number of sulfone groups is 1. The van der Waals surface area contributed by atoms with Crippen molar-refractivity contribution in [1.29, 1.82) is 0 Å². The number of hydrogen-bond donors (Lipinski definition) is 1. The molecule has 21 heavy (non-hydrogen) atoms. The zero-order valence-corrected chi connectivity index (χ0v) is 13.0. The van der Waals surface area contributed by atoms with Crippen LogP contribution in [0.5, 0.6) is 5.75 Å². The molecule has 8 heteroatoms. The van der Waals surface area contributed by atoms with Gasteiger partial charge in [-0.2, -0.15) is 0 Å². The average molecular weight is 317 g/mol. The normalized spacial score (nSPS) is 13.2. The summed E-state index contributed by atoms with van der Waals surface area (Å²) in [5.74, 6) is 0.0931. The van der Waals surface area contributed by atoms with Crippen molar-refractivity contribution < 1.29 is 23.2 Å². The van der Waals surface area contributed by atoms with E-state index in [2.05, 4.69) is 0 Å². The first kappa shape index (κ1) is 17.4. The highest BCUT2D eigenvalue weighted by Crippen LogP contribution is 2.29. The molecule has 1 atom stereocenters. The molecule has 118 valence electrons. The van der Waals surface area contributed by atoms with Gasteiger partial charge in [-0.1, -0.05) is 0 Å². The molecule has 0 amide bonds.